The van der Waals surface area contributed by atoms with Crippen LogP contribution in [0.25, 0.3) is 0 Å². The number of hydrogen-bond donors (Lipinski definition) is 2. The molecule has 0 saturated carbocycles. The molecule has 2 aromatic heterocycles. The predicted octanol–water partition coefficient (Wildman–Crippen LogP) is 2.01. The summed E-state index contributed by atoms with van der Waals surface area (Å²) in [6.07, 6.45) is 4.88. The number of benzene rings is 1. The molecular weight excluding hydrogens is 348 g/mol. The monoisotopic (exact) mass is 370 g/mol. The van der Waals surface area contributed by atoms with Crippen LogP contribution in [0.3, 0.4) is 0 Å². The molecule has 1 aromatic carbocycles. The number of nitrogens with zero attached hydrogens (tertiary/aromatic N) is 2. The van der Waals surface area contributed by atoms with Crippen molar-refractivity contribution in [1.29, 1.82) is 0 Å². The zero-order valence-electron chi connectivity index (χ0n) is 15.4. The summed E-state index contributed by atoms with van der Waals surface area (Å²) in [5, 5.41) is 3.00. The molecule has 27 heavy (non-hydrogen) atoms. The third-order valence-electron chi connectivity index (χ3n) is 4.22. The van der Waals surface area contributed by atoms with Crippen molar-refractivity contribution >= 4 is 5.91 Å². The number of methoxy groups -OCH3 is 2. The van der Waals surface area contributed by atoms with Crippen molar-refractivity contribution < 1.29 is 18.7 Å². The summed E-state index contributed by atoms with van der Waals surface area (Å²) in [5.74, 6) is 2.14. The predicted molar refractivity (Wildman–Crippen MR) is 98.7 cm³/mol. The summed E-state index contributed by atoms with van der Waals surface area (Å²) in [6, 6.07) is 6.55. The number of nitrogens with two attached hydrogens (primary N) is 1. The van der Waals surface area contributed by atoms with Crippen LogP contribution in [-0.2, 0) is 13.6 Å². The Morgan fingerprint density at radius 3 is 2.48 bits per heavy atom. The Kier molecular flexibility index (Phi) is 5.46. The Morgan fingerprint density at radius 2 is 1.96 bits per heavy atom. The average Bonchev–Trinajstić information content (AvgIpc) is 3.34. The first-order valence-corrected chi connectivity index (χ1v) is 8.34. The number of rotatable bonds is 7. The zero-order valence-corrected chi connectivity index (χ0v) is 15.4. The lowest BCUT2D eigenvalue weighted by Gasteiger charge is -2.20. The molecule has 142 valence electrons. The fraction of sp³-hybridized carbons (Fsp3) is 0.263. The van der Waals surface area contributed by atoms with Crippen LogP contribution >= 0.6 is 0 Å². The van der Waals surface area contributed by atoms with Crippen LogP contribution in [0.4, 0.5) is 0 Å². The molecule has 0 aliphatic carbocycles. The van der Waals surface area contributed by atoms with Gasteiger partial charge in [-0.1, -0.05) is 0 Å². The van der Waals surface area contributed by atoms with E-state index in [1.165, 1.54) is 6.26 Å². The lowest BCUT2D eigenvalue weighted by atomic mass is 10.0. The molecule has 0 saturated heterocycles. The summed E-state index contributed by atoms with van der Waals surface area (Å²) < 4.78 is 17.8. The molecule has 0 fully saturated rings. The van der Waals surface area contributed by atoms with E-state index in [1.54, 1.807) is 32.5 Å². The van der Waals surface area contributed by atoms with E-state index in [1.807, 2.05) is 29.9 Å². The lowest BCUT2D eigenvalue weighted by molar-refractivity contribution is 0.0940. The van der Waals surface area contributed by atoms with E-state index in [0.717, 1.165) is 5.56 Å². The molecule has 0 spiro atoms. The van der Waals surface area contributed by atoms with Gasteiger partial charge in [0, 0.05) is 25.5 Å². The standard InChI is InChI=1S/C19H22N4O4/c1-23-5-4-21-18(23)17(12-6-14(25-2)9-15(7-12)26-3)22-19(24)13-8-16(10-20)27-11-13/h4-9,11,17H,10,20H2,1-3H3,(H,22,24). The number of furan rings is 1. The van der Waals surface area contributed by atoms with E-state index >= 15 is 0 Å². The van der Waals surface area contributed by atoms with Gasteiger partial charge in [-0.25, -0.2) is 4.98 Å². The van der Waals surface area contributed by atoms with E-state index in [4.69, 9.17) is 19.6 Å². The van der Waals surface area contributed by atoms with Crippen molar-refractivity contribution in [2.75, 3.05) is 14.2 Å². The molecule has 0 bridgehead atoms. The van der Waals surface area contributed by atoms with Gasteiger partial charge in [-0.2, -0.15) is 0 Å². The number of aryl methyl sites for hydroxylation is 1. The number of hydrogen-bond acceptors (Lipinski definition) is 6. The smallest absolute Gasteiger partial charge is 0.255 e. The van der Waals surface area contributed by atoms with Gasteiger partial charge in [0.15, 0.2) is 0 Å². The van der Waals surface area contributed by atoms with Gasteiger partial charge < -0.3 is 29.5 Å². The Balaban J connectivity index is 1.99. The molecule has 1 unspecified atom stereocenters. The number of carbonyl (C=O) groups excluding carboxylic acids is 1. The zero-order chi connectivity index (χ0) is 19.4. The summed E-state index contributed by atoms with van der Waals surface area (Å²) in [7, 11) is 5.02. The van der Waals surface area contributed by atoms with Crippen molar-refractivity contribution in [3.63, 3.8) is 0 Å². The fourth-order valence-electron chi connectivity index (χ4n) is 2.77. The van der Waals surface area contributed by atoms with Gasteiger partial charge in [0.25, 0.3) is 5.91 Å². The maximum Gasteiger partial charge on any atom is 0.255 e. The molecule has 0 aliphatic heterocycles. The van der Waals surface area contributed by atoms with Crippen molar-refractivity contribution in [2.45, 2.75) is 12.6 Å². The average molecular weight is 370 g/mol. The van der Waals surface area contributed by atoms with Crippen molar-refractivity contribution in [2.24, 2.45) is 12.8 Å². The quantitative estimate of drug-likeness (QED) is 0.659. The number of nitrogens with one attached hydrogen (secondary N) is 1. The first-order chi connectivity index (χ1) is 13.0. The van der Waals surface area contributed by atoms with Crippen LogP contribution in [-0.4, -0.2) is 29.7 Å². The Bertz CT molecular complexity index is 909. The van der Waals surface area contributed by atoms with Gasteiger partial charge in [0.1, 0.15) is 35.4 Å². The highest BCUT2D eigenvalue weighted by Crippen LogP contribution is 2.29. The van der Waals surface area contributed by atoms with Crippen LogP contribution < -0.4 is 20.5 Å². The Labute approximate surface area is 156 Å². The Morgan fingerprint density at radius 1 is 1.26 bits per heavy atom. The lowest BCUT2D eigenvalue weighted by Crippen LogP contribution is -2.31. The number of carbonyl (C=O) groups is 1. The highest BCUT2D eigenvalue weighted by molar-refractivity contribution is 5.94. The van der Waals surface area contributed by atoms with E-state index in [2.05, 4.69) is 10.3 Å². The van der Waals surface area contributed by atoms with Crippen LogP contribution in [0.2, 0.25) is 0 Å². The second-order valence-corrected chi connectivity index (χ2v) is 5.95. The summed E-state index contributed by atoms with van der Waals surface area (Å²) >= 11 is 0. The first-order valence-electron chi connectivity index (χ1n) is 8.34. The SMILES string of the molecule is COc1cc(OC)cc(C(NC(=O)c2coc(CN)c2)c2nccn2C)c1. The van der Waals surface area contributed by atoms with Crippen LogP contribution in [0.1, 0.15) is 33.5 Å². The van der Waals surface area contributed by atoms with Gasteiger partial charge in [0.05, 0.1) is 26.3 Å². The molecule has 8 heteroatoms. The van der Waals surface area contributed by atoms with E-state index in [9.17, 15) is 4.79 Å². The molecule has 3 rings (SSSR count). The molecule has 0 aliphatic rings. The Hall–Kier alpha value is -3.26. The normalized spacial score (nSPS) is 11.9. The topological polar surface area (TPSA) is 105 Å². The summed E-state index contributed by atoms with van der Waals surface area (Å²) in [6.45, 7) is 0.225. The van der Waals surface area contributed by atoms with Crippen LogP contribution in [0, 0.1) is 0 Å². The third-order valence-corrected chi connectivity index (χ3v) is 4.22. The molecule has 3 aromatic rings. The summed E-state index contributed by atoms with van der Waals surface area (Å²) in [5.41, 5.74) is 6.72. The maximum atomic E-state index is 12.8. The maximum absolute atomic E-state index is 12.8. The van der Waals surface area contributed by atoms with Gasteiger partial charge in [-0.05, 0) is 23.8 Å². The molecule has 3 N–H and O–H groups in total. The van der Waals surface area contributed by atoms with Gasteiger partial charge in [-0.15, -0.1) is 0 Å². The molecule has 1 atom stereocenters. The minimum atomic E-state index is -0.516. The van der Waals surface area contributed by atoms with Crippen molar-refractivity contribution in [1.82, 2.24) is 14.9 Å². The van der Waals surface area contributed by atoms with Crippen molar-refractivity contribution in [3.8, 4) is 11.5 Å². The second kappa shape index (κ2) is 7.96. The first kappa shape index (κ1) is 18.5. The largest absolute Gasteiger partial charge is 0.497 e. The fourth-order valence-corrected chi connectivity index (χ4v) is 2.77. The van der Waals surface area contributed by atoms with Crippen LogP contribution in [0.5, 0.6) is 11.5 Å². The number of amides is 1. The van der Waals surface area contributed by atoms with E-state index < -0.39 is 6.04 Å². The molecule has 0 radical (unpaired) electrons. The number of imidazole rings is 1. The van der Waals surface area contributed by atoms with Crippen molar-refractivity contribution in [3.05, 3.63) is 65.6 Å². The second-order valence-electron chi connectivity index (χ2n) is 5.95. The number of aromatic nitrogens is 2. The molecule has 8 nitrogen and oxygen atoms in total. The van der Waals surface area contributed by atoms with Gasteiger partial charge in [-0.3, -0.25) is 4.79 Å². The minimum Gasteiger partial charge on any atom is -0.497 e. The highest BCUT2D eigenvalue weighted by atomic mass is 16.5. The summed E-state index contributed by atoms with van der Waals surface area (Å²) in [4.78, 5) is 17.2. The van der Waals surface area contributed by atoms with Gasteiger partial charge in [0.2, 0.25) is 0 Å². The van der Waals surface area contributed by atoms with Crippen LogP contribution in [0.15, 0.2) is 47.3 Å². The molecule has 2 heterocycles. The molecule has 1 amide bonds. The highest BCUT2D eigenvalue weighted by Gasteiger charge is 2.23. The molecular formula is C19H22N4O4. The van der Waals surface area contributed by atoms with E-state index in [0.29, 0.717) is 28.6 Å². The number of ether oxygens (including phenoxy) is 2. The minimum absolute atomic E-state index is 0.225. The van der Waals surface area contributed by atoms with E-state index in [-0.39, 0.29) is 12.5 Å². The third kappa shape index (κ3) is 3.95. The van der Waals surface area contributed by atoms with Gasteiger partial charge >= 0.3 is 0 Å².